The SMILES string of the molecule is COc1ccc(CCCC(=O)N2CCCC2C2(O)CC2)cc1. The molecule has 0 bridgehead atoms. The van der Waals surface area contributed by atoms with Gasteiger partial charge in [0.1, 0.15) is 5.75 Å². The van der Waals surface area contributed by atoms with Gasteiger partial charge >= 0.3 is 0 Å². The van der Waals surface area contributed by atoms with Crippen molar-refractivity contribution in [3.8, 4) is 5.75 Å². The van der Waals surface area contributed by atoms with Crippen molar-refractivity contribution in [3.05, 3.63) is 29.8 Å². The van der Waals surface area contributed by atoms with E-state index in [1.54, 1.807) is 7.11 Å². The van der Waals surface area contributed by atoms with E-state index >= 15 is 0 Å². The Morgan fingerprint density at radius 3 is 2.73 bits per heavy atom. The van der Waals surface area contributed by atoms with Crippen molar-refractivity contribution < 1.29 is 14.6 Å². The number of ether oxygens (including phenoxy) is 1. The van der Waals surface area contributed by atoms with Crippen LogP contribution in [0.3, 0.4) is 0 Å². The zero-order valence-electron chi connectivity index (χ0n) is 13.3. The van der Waals surface area contributed by atoms with Crippen LogP contribution in [0.1, 0.15) is 44.1 Å². The summed E-state index contributed by atoms with van der Waals surface area (Å²) in [4.78, 5) is 14.3. The van der Waals surface area contributed by atoms with E-state index < -0.39 is 5.60 Å². The summed E-state index contributed by atoms with van der Waals surface area (Å²) in [5.41, 5.74) is 0.662. The summed E-state index contributed by atoms with van der Waals surface area (Å²) >= 11 is 0. The van der Waals surface area contributed by atoms with E-state index in [2.05, 4.69) is 12.1 Å². The van der Waals surface area contributed by atoms with Gasteiger partial charge in [-0.2, -0.15) is 0 Å². The van der Waals surface area contributed by atoms with Gasteiger partial charge in [0, 0.05) is 13.0 Å². The number of carbonyl (C=O) groups is 1. The van der Waals surface area contributed by atoms with Crippen LogP contribution in [0.2, 0.25) is 0 Å². The summed E-state index contributed by atoms with van der Waals surface area (Å²) in [7, 11) is 1.66. The Bertz CT molecular complexity index is 522. The van der Waals surface area contributed by atoms with Crippen LogP contribution in [0, 0.1) is 0 Å². The lowest BCUT2D eigenvalue weighted by Gasteiger charge is -2.28. The quantitative estimate of drug-likeness (QED) is 0.878. The zero-order chi connectivity index (χ0) is 15.6. The predicted octanol–water partition coefficient (Wildman–Crippen LogP) is 2.53. The fourth-order valence-corrected chi connectivity index (χ4v) is 3.46. The van der Waals surface area contributed by atoms with Gasteiger partial charge in [-0.15, -0.1) is 0 Å². The number of aliphatic hydroxyl groups is 1. The second-order valence-corrected chi connectivity index (χ2v) is 6.55. The number of methoxy groups -OCH3 is 1. The summed E-state index contributed by atoms with van der Waals surface area (Å²) in [6.07, 6.45) is 6.02. The molecular weight excluding hydrogens is 278 g/mol. The van der Waals surface area contributed by atoms with Crippen LogP contribution in [0.15, 0.2) is 24.3 Å². The number of aryl methyl sites for hydroxylation is 1. The highest BCUT2D eigenvalue weighted by molar-refractivity contribution is 5.77. The third-order valence-corrected chi connectivity index (χ3v) is 4.97. The van der Waals surface area contributed by atoms with E-state index in [0.717, 1.165) is 50.8 Å². The smallest absolute Gasteiger partial charge is 0.222 e. The van der Waals surface area contributed by atoms with Gasteiger partial charge in [-0.3, -0.25) is 4.79 Å². The lowest BCUT2D eigenvalue weighted by molar-refractivity contribution is -0.134. The number of hydrogen-bond acceptors (Lipinski definition) is 3. The Morgan fingerprint density at radius 2 is 2.09 bits per heavy atom. The molecule has 1 aromatic carbocycles. The third-order valence-electron chi connectivity index (χ3n) is 4.97. The number of benzene rings is 1. The fourth-order valence-electron chi connectivity index (χ4n) is 3.46. The highest BCUT2D eigenvalue weighted by atomic mass is 16.5. The van der Waals surface area contributed by atoms with Gasteiger partial charge < -0.3 is 14.7 Å². The summed E-state index contributed by atoms with van der Waals surface area (Å²) in [6.45, 7) is 0.814. The Balaban J connectivity index is 1.47. The highest BCUT2D eigenvalue weighted by Crippen LogP contribution is 2.44. The molecule has 22 heavy (non-hydrogen) atoms. The Hall–Kier alpha value is -1.55. The lowest BCUT2D eigenvalue weighted by Crippen LogP contribution is -2.44. The minimum Gasteiger partial charge on any atom is -0.497 e. The summed E-state index contributed by atoms with van der Waals surface area (Å²) in [5, 5.41) is 10.3. The molecule has 1 aliphatic heterocycles. The lowest BCUT2D eigenvalue weighted by atomic mass is 10.1. The molecule has 1 saturated heterocycles. The van der Waals surface area contributed by atoms with Crippen molar-refractivity contribution in [1.29, 1.82) is 0 Å². The van der Waals surface area contributed by atoms with E-state index in [1.807, 2.05) is 17.0 Å². The predicted molar refractivity (Wildman–Crippen MR) is 84.9 cm³/mol. The number of rotatable bonds is 6. The molecule has 2 fully saturated rings. The Morgan fingerprint density at radius 1 is 1.36 bits per heavy atom. The summed E-state index contributed by atoms with van der Waals surface area (Å²) in [5.74, 6) is 1.06. The Kier molecular flexibility index (Phi) is 4.39. The number of amides is 1. The van der Waals surface area contributed by atoms with Crippen molar-refractivity contribution in [2.45, 2.75) is 56.6 Å². The van der Waals surface area contributed by atoms with Crippen LogP contribution in [-0.4, -0.2) is 41.2 Å². The van der Waals surface area contributed by atoms with Gasteiger partial charge in [0.2, 0.25) is 5.91 Å². The molecule has 1 heterocycles. The van der Waals surface area contributed by atoms with Gasteiger partial charge in [0.25, 0.3) is 0 Å². The monoisotopic (exact) mass is 303 g/mol. The minimum absolute atomic E-state index is 0.0704. The first-order chi connectivity index (χ1) is 10.6. The molecule has 0 aromatic heterocycles. The van der Waals surface area contributed by atoms with Crippen LogP contribution in [0.5, 0.6) is 5.75 Å². The number of hydrogen-bond donors (Lipinski definition) is 1. The molecular formula is C18H25NO3. The first-order valence-electron chi connectivity index (χ1n) is 8.27. The van der Waals surface area contributed by atoms with Crippen LogP contribution in [0.25, 0.3) is 0 Å². The van der Waals surface area contributed by atoms with Gasteiger partial charge in [-0.05, 0) is 56.2 Å². The molecule has 4 heteroatoms. The minimum atomic E-state index is -0.567. The molecule has 120 valence electrons. The van der Waals surface area contributed by atoms with Crippen LogP contribution >= 0.6 is 0 Å². The van der Waals surface area contributed by atoms with Crippen molar-refractivity contribution in [1.82, 2.24) is 4.90 Å². The molecule has 4 nitrogen and oxygen atoms in total. The Labute approximate surface area is 132 Å². The highest BCUT2D eigenvalue weighted by Gasteiger charge is 2.52. The summed E-state index contributed by atoms with van der Waals surface area (Å²) in [6, 6.07) is 8.08. The number of nitrogens with zero attached hydrogens (tertiary/aromatic N) is 1. The van der Waals surface area contributed by atoms with E-state index in [4.69, 9.17) is 4.74 Å². The van der Waals surface area contributed by atoms with E-state index in [9.17, 15) is 9.90 Å². The number of likely N-dealkylation sites (tertiary alicyclic amines) is 1. The van der Waals surface area contributed by atoms with E-state index in [0.29, 0.717) is 6.42 Å². The van der Waals surface area contributed by atoms with Crippen molar-refractivity contribution in [2.24, 2.45) is 0 Å². The molecule has 0 spiro atoms. The van der Waals surface area contributed by atoms with Crippen LogP contribution in [0.4, 0.5) is 0 Å². The second-order valence-electron chi connectivity index (χ2n) is 6.55. The van der Waals surface area contributed by atoms with E-state index in [1.165, 1.54) is 5.56 Å². The fraction of sp³-hybridized carbons (Fsp3) is 0.611. The zero-order valence-corrected chi connectivity index (χ0v) is 13.3. The van der Waals surface area contributed by atoms with Crippen molar-refractivity contribution in [2.75, 3.05) is 13.7 Å². The molecule has 1 N–H and O–H groups in total. The average molecular weight is 303 g/mol. The molecule has 1 aliphatic carbocycles. The molecule has 1 atom stereocenters. The van der Waals surface area contributed by atoms with Gasteiger partial charge in [0.05, 0.1) is 18.8 Å². The molecule has 1 aromatic rings. The molecule has 0 radical (unpaired) electrons. The van der Waals surface area contributed by atoms with Crippen LogP contribution in [-0.2, 0) is 11.2 Å². The maximum Gasteiger partial charge on any atom is 0.222 e. The topological polar surface area (TPSA) is 49.8 Å². The van der Waals surface area contributed by atoms with Crippen molar-refractivity contribution >= 4 is 5.91 Å². The average Bonchev–Trinajstić information content (AvgIpc) is 3.09. The maximum absolute atomic E-state index is 12.4. The molecule has 1 amide bonds. The van der Waals surface area contributed by atoms with E-state index in [-0.39, 0.29) is 11.9 Å². The third kappa shape index (κ3) is 3.27. The van der Waals surface area contributed by atoms with Gasteiger partial charge in [-0.1, -0.05) is 12.1 Å². The largest absolute Gasteiger partial charge is 0.497 e. The number of carbonyl (C=O) groups excluding carboxylic acids is 1. The van der Waals surface area contributed by atoms with Gasteiger partial charge in [0.15, 0.2) is 0 Å². The first-order valence-corrected chi connectivity index (χ1v) is 8.27. The first kappa shape index (κ1) is 15.3. The molecule has 2 aliphatic rings. The standard InChI is InChI=1S/C18H25NO3/c1-22-15-9-7-14(8-10-15)4-2-6-17(20)19-13-3-5-16(19)18(21)11-12-18/h7-10,16,21H,2-6,11-13H2,1H3. The normalized spacial score (nSPS) is 22.6. The molecule has 3 rings (SSSR count). The maximum atomic E-state index is 12.4. The molecule has 1 saturated carbocycles. The molecule has 1 unspecified atom stereocenters. The second kappa shape index (κ2) is 6.29. The van der Waals surface area contributed by atoms with Crippen LogP contribution < -0.4 is 4.74 Å². The van der Waals surface area contributed by atoms with Gasteiger partial charge in [-0.25, -0.2) is 0 Å². The summed E-state index contributed by atoms with van der Waals surface area (Å²) < 4.78 is 5.14. The van der Waals surface area contributed by atoms with Crippen molar-refractivity contribution in [3.63, 3.8) is 0 Å².